The molecule has 0 spiro atoms. The lowest BCUT2D eigenvalue weighted by Crippen LogP contribution is -2.68. The first-order chi connectivity index (χ1) is 11.2. The van der Waals surface area contributed by atoms with Crippen LogP contribution in [-0.2, 0) is 14.8 Å². The molecule has 1 atom stereocenters. The molecule has 2 aromatic rings. The summed E-state index contributed by atoms with van der Waals surface area (Å²) < 4.78 is 32.1. The van der Waals surface area contributed by atoms with Gasteiger partial charge in [0, 0.05) is 0 Å². The first-order valence-electron chi connectivity index (χ1n) is 7.67. The van der Waals surface area contributed by atoms with Crippen LogP contribution in [-0.4, -0.2) is 24.2 Å². The summed E-state index contributed by atoms with van der Waals surface area (Å²) >= 11 is 0. The molecule has 2 aromatic carbocycles. The minimum Gasteiger partial charge on any atom is -0.457 e. The van der Waals surface area contributed by atoms with Gasteiger partial charge in [0.25, 0.3) is 10.0 Å². The molecule has 24 heavy (non-hydrogen) atoms. The Morgan fingerprint density at radius 3 is 2.04 bits per heavy atom. The number of carbonyl (C=O) groups is 1. The topological polar surface area (TPSA) is 63.7 Å². The van der Waals surface area contributed by atoms with E-state index in [0.717, 1.165) is 4.31 Å². The van der Waals surface area contributed by atoms with Gasteiger partial charge in [0.15, 0.2) is 0 Å². The fourth-order valence-electron chi connectivity index (χ4n) is 2.71. The van der Waals surface area contributed by atoms with Gasteiger partial charge in [0.1, 0.15) is 11.5 Å². The number of ether oxygens (including phenoxy) is 1. The molecule has 1 aliphatic rings. The smallest absolute Gasteiger partial charge is 0.267 e. The fourth-order valence-corrected chi connectivity index (χ4v) is 4.57. The highest BCUT2D eigenvalue weighted by Crippen LogP contribution is 2.41. The molecule has 0 radical (unpaired) electrons. The quantitative estimate of drug-likeness (QED) is 0.797. The van der Waals surface area contributed by atoms with E-state index >= 15 is 0 Å². The van der Waals surface area contributed by atoms with Crippen molar-refractivity contribution in [2.45, 2.75) is 31.2 Å². The van der Waals surface area contributed by atoms with Crippen LogP contribution in [0.5, 0.6) is 11.5 Å². The summed E-state index contributed by atoms with van der Waals surface area (Å²) in [6.07, 6.45) is 0. The summed E-state index contributed by atoms with van der Waals surface area (Å²) in [5.74, 6) is 0.515. The molecular weight excluding hydrogens is 326 g/mol. The van der Waals surface area contributed by atoms with E-state index in [9.17, 15) is 13.2 Å². The zero-order chi connectivity index (χ0) is 17.5. The number of benzene rings is 2. The summed E-state index contributed by atoms with van der Waals surface area (Å²) in [4.78, 5) is 12.1. The van der Waals surface area contributed by atoms with E-state index in [2.05, 4.69) is 0 Å². The highest BCUT2D eigenvalue weighted by molar-refractivity contribution is 7.89. The van der Waals surface area contributed by atoms with Gasteiger partial charge >= 0.3 is 0 Å². The average Bonchev–Trinajstić information content (AvgIpc) is 2.55. The average molecular weight is 345 g/mol. The van der Waals surface area contributed by atoms with Crippen LogP contribution >= 0.6 is 0 Å². The Bertz CT molecular complexity index is 858. The monoisotopic (exact) mass is 345 g/mol. The van der Waals surface area contributed by atoms with E-state index in [0.29, 0.717) is 11.5 Å². The van der Waals surface area contributed by atoms with Crippen molar-refractivity contribution < 1.29 is 17.9 Å². The van der Waals surface area contributed by atoms with Crippen LogP contribution in [0, 0.1) is 5.92 Å². The summed E-state index contributed by atoms with van der Waals surface area (Å²) in [5, 5.41) is 0. The van der Waals surface area contributed by atoms with Crippen molar-refractivity contribution >= 4 is 15.9 Å². The van der Waals surface area contributed by atoms with Gasteiger partial charge in [-0.3, -0.25) is 4.79 Å². The number of sulfonamides is 1. The standard InChI is InChI=1S/C18H19NO4S/c1-13-17(20)19(18(13,2)3)24(21,22)16-11-9-15(10-12-16)23-14-7-5-4-6-8-14/h4-13H,1-3H3. The van der Waals surface area contributed by atoms with E-state index in [1.807, 2.05) is 30.3 Å². The highest BCUT2D eigenvalue weighted by Gasteiger charge is 2.57. The molecule has 1 aliphatic heterocycles. The molecule has 1 fully saturated rings. The minimum atomic E-state index is -3.85. The lowest BCUT2D eigenvalue weighted by molar-refractivity contribution is -0.152. The maximum absolute atomic E-state index is 12.7. The fraction of sp³-hybridized carbons (Fsp3) is 0.278. The molecule has 126 valence electrons. The number of nitrogens with zero attached hydrogens (tertiary/aromatic N) is 1. The van der Waals surface area contributed by atoms with Crippen molar-refractivity contribution in [2.75, 3.05) is 0 Å². The van der Waals surface area contributed by atoms with Crippen LogP contribution in [0.2, 0.25) is 0 Å². The molecule has 6 heteroatoms. The largest absolute Gasteiger partial charge is 0.457 e. The van der Waals surface area contributed by atoms with Gasteiger partial charge in [-0.05, 0) is 50.2 Å². The van der Waals surface area contributed by atoms with Crippen LogP contribution < -0.4 is 4.74 Å². The minimum absolute atomic E-state index is 0.0798. The van der Waals surface area contributed by atoms with E-state index < -0.39 is 15.6 Å². The number of para-hydroxylation sites is 1. The molecule has 5 nitrogen and oxygen atoms in total. The Kier molecular flexibility index (Phi) is 3.87. The number of hydrogen-bond donors (Lipinski definition) is 0. The maximum atomic E-state index is 12.7. The SMILES string of the molecule is CC1C(=O)N(S(=O)(=O)c2ccc(Oc3ccccc3)cc2)C1(C)C. The van der Waals surface area contributed by atoms with Crippen LogP contribution in [0.3, 0.4) is 0 Å². The third kappa shape index (κ3) is 2.57. The predicted molar refractivity (Wildman–Crippen MR) is 90.2 cm³/mol. The van der Waals surface area contributed by atoms with E-state index in [1.165, 1.54) is 12.1 Å². The summed E-state index contributed by atoms with van der Waals surface area (Å²) in [6, 6.07) is 15.3. The molecule has 0 saturated carbocycles. The van der Waals surface area contributed by atoms with Gasteiger partial charge in [0.2, 0.25) is 5.91 Å². The lowest BCUT2D eigenvalue weighted by atomic mass is 9.80. The molecular formula is C18H19NO4S. The second kappa shape index (κ2) is 5.63. The molecule has 0 aliphatic carbocycles. The first kappa shape index (κ1) is 16.5. The van der Waals surface area contributed by atoms with Gasteiger partial charge in [-0.25, -0.2) is 12.7 Å². The second-order valence-corrected chi connectivity index (χ2v) is 8.16. The predicted octanol–water partition coefficient (Wildman–Crippen LogP) is 3.42. The maximum Gasteiger partial charge on any atom is 0.267 e. The zero-order valence-corrected chi connectivity index (χ0v) is 14.6. The number of rotatable bonds is 4. The molecule has 1 saturated heterocycles. The molecule has 0 aromatic heterocycles. The third-order valence-corrected chi connectivity index (χ3v) is 6.49. The number of β-lactam (4-membered cyclic amide) rings is 1. The van der Waals surface area contributed by atoms with Crippen LogP contribution in [0.4, 0.5) is 0 Å². The Balaban J connectivity index is 1.84. The van der Waals surface area contributed by atoms with Crippen molar-refractivity contribution in [3.63, 3.8) is 0 Å². The Morgan fingerprint density at radius 2 is 1.50 bits per heavy atom. The summed E-state index contributed by atoms with van der Waals surface area (Å²) in [5.41, 5.74) is -0.713. The molecule has 0 bridgehead atoms. The van der Waals surface area contributed by atoms with Gasteiger partial charge in [-0.2, -0.15) is 0 Å². The molecule has 0 N–H and O–H groups in total. The van der Waals surface area contributed by atoms with Gasteiger partial charge in [-0.15, -0.1) is 0 Å². The van der Waals surface area contributed by atoms with Gasteiger partial charge in [-0.1, -0.05) is 25.1 Å². The third-order valence-electron chi connectivity index (χ3n) is 4.49. The van der Waals surface area contributed by atoms with Crippen molar-refractivity contribution in [1.82, 2.24) is 4.31 Å². The highest BCUT2D eigenvalue weighted by atomic mass is 32.2. The summed E-state index contributed by atoms with van der Waals surface area (Å²) in [7, 11) is -3.85. The van der Waals surface area contributed by atoms with Crippen LogP contribution in [0.15, 0.2) is 59.5 Å². The Morgan fingerprint density at radius 1 is 0.958 bits per heavy atom. The van der Waals surface area contributed by atoms with Crippen molar-refractivity contribution in [3.8, 4) is 11.5 Å². The zero-order valence-electron chi connectivity index (χ0n) is 13.8. The van der Waals surface area contributed by atoms with Crippen molar-refractivity contribution in [3.05, 3.63) is 54.6 Å². The Hall–Kier alpha value is -2.34. The van der Waals surface area contributed by atoms with Gasteiger partial charge < -0.3 is 4.74 Å². The van der Waals surface area contributed by atoms with Crippen molar-refractivity contribution in [1.29, 1.82) is 0 Å². The normalized spacial score (nSPS) is 19.7. The van der Waals surface area contributed by atoms with Crippen LogP contribution in [0.1, 0.15) is 20.8 Å². The van der Waals surface area contributed by atoms with Crippen LogP contribution in [0.25, 0.3) is 0 Å². The Labute approximate surface area is 141 Å². The van der Waals surface area contributed by atoms with E-state index in [4.69, 9.17) is 4.74 Å². The van der Waals surface area contributed by atoms with E-state index in [1.54, 1.807) is 32.9 Å². The summed E-state index contributed by atoms with van der Waals surface area (Å²) in [6.45, 7) is 5.25. The molecule has 3 rings (SSSR count). The number of amides is 1. The first-order valence-corrected chi connectivity index (χ1v) is 9.11. The second-order valence-electron chi connectivity index (χ2n) is 6.37. The lowest BCUT2D eigenvalue weighted by Gasteiger charge is -2.51. The molecule has 1 heterocycles. The molecule has 1 amide bonds. The van der Waals surface area contributed by atoms with Crippen molar-refractivity contribution in [2.24, 2.45) is 5.92 Å². The number of hydrogen-bond acceptors (Lipinski definition) is 4. The van der Waals surface area contributed by atoms with Gasteiger partial charge in [0.05, 0.1) is 16.4 Å². The number of carbonyl (C=O) groups excluding carboxylic acids is 1. The molecule has 1 unspecified atom stereocenters. The van der Waals surface area contributed by atoms with E-state index in [-0.39, 0.29) is 16.7 Å².